The molecule has 1 saturated heterocycles. The SMILES string of the molecule is N#CCCc1nsc(N2CCC(=Cc3ccc(Cl)cc3F)CC2)n1. The van der Waals surface area contributed by atoms with E-state index in [1.165, 1.54) is 23.2 Å². The fraction of sp³-hybridized carbons (Fsp3) is 0.353. The number of aryl methyl sites for hydroxylation is 1. The summed E-state index contributed by atoms with van der Waals surface area (Å²) in [6, 6.07) is 6.86. The van der Waals surface area contributed by atoms with Crippen LogP contribution < -0.4 is 4.90 Å². The lowest BCUT2D eigenvalue weighted by Crippen LogP contribution is -2.30. The zero-order chi connectivity index (χ0) is 16.9. The summed E-state index contributed by atoms with van der Waals surface area (Å²) < 4.78 is 18.2. The largest absolute Gasteiger partial charge is 0.346 e. The molecule has 0 radical (unpaired) electrons. The second kappa shape index (κ2) is 7.73. The highest BCUT2D eigenvalue weighted by Gasteiger charge is 2.18. The predicted octanol–water partition coefficient (Wildman–Crippen LogP) is 4.47. The molecule has 0 spiro atoms. The Balaban J connectivity index is 1.62. The van der Waals surface area contributed by atoms with Crippen LogP contribution in [-0.4, -0.2) is 22.4 Å². The Morgan fingerprint density at radius 3 is 2.88 bits per heavy atom. The van der Waals surface area contributed by atoms with Crippen molar-refractivity contribution in [1.82, 2.24) is 9.36 Å². The molecular formula is C17H16ClFN4S. The molecule has 2 heterocycles. The Morgan fingerprint density at radius 1 is 1.38 bits per heavy atom. The maximum absolute atomic E-state index is 13.9. The Bertz CT molecular complexity index is 786. The third-order valence-electron chi connectivity index (χ3n) is 3.92. The van der Waals surface area contributed by atoms with Crippen LogP contribution in [0.15, 0.2) is 23.8 Å². The molecule has 124 valence electrons. The number of benzene rings is 1. The van der Waals surface area contributed by atoms with Crippen molar-refractivity contribution < 1.29 is 4.39 Å². The van der Waals surface area contributed by atoms with E-state index in [4.69, 9.17) is 16.9 Å². The topological polar surface area (TPSA) is 52.8 Å². The molecule has 1 fully saturated rings. The zero-order valence-corrected chi connectivity index (χ0v) is 14.6. The number of nitriles is 1. The Kier molecular flexibility index (Phi) is 5.44. The second-order valence-corrected chi connectivity index (χ2v) is 6.77. The highest BCUT2D eigenvalue weighted by Crippen LogP contribution is 2.26. The zero-order valence-electron chi connectivity index (χ0n) is 13.0. The highest BCUT2D eigenvalue weighted by molar-refractivity contribution is 7.09. The molecule has 3 rings (SSSR count). The number of hydrogen-bond donors (Lipinski definition) is 0. The average molecular weight is 363 g/mol. The van der Waals surface area contributed by atoms with Gasteiger partial charge >= 0.3 is 0 Å². The van der Waals surface area contributed by atoms with E-state index in [9.17, 15) is 4.39 Å². The van der Waals surface area contributed by atoms with Crippen LogP contribution in [0.4, 0.5) is 9.52 Å². The van der Waals surface area contributed by atoms with E-state index in [1.54, 1.807) is 12.1 Å². The molecule has 4 nitrogen and oxygen atoms in total. The molecule has 1 aromatic heterocycles. The molecule has 1 aliphatic heterocycles. The quantitative estimate of drug-likeness (QED) is 0.805. The van der Waals surface area contributed by atoms with Crippen LogP contribution in [0.1, 0.15) is 30.7 Å². The van der Waals surface area contributed by atoms with E-state index in [-0.39, 0.29) is 5.82 Å². The van der Waals surface area contributed by atoms with E-state index >= 15 is 0 Å². The van der Waals surface area contributed by atoms with Gasteiger partial charge in [0.2, 0.25) is 5.13 Å². The molecule has 7 heteroatoms. The molecular weight excluding hydrogens is 347 g/mol. The number of halogens is 2. The van der Waals surface area contributed by atoms with Gasteiger partial charge in [-0.05, 0) is 25.0 Å². The van der Waals surface area contributed by atoms with Crippen molar-refractivity contribution in [2.75, 3.05) is 18.0 Å². The molecule has 0 N–H and O–H groups in total. The number of piperidine rings is 1. The average Bonchev–Trinajstić information content (AvgIpc) is 3.05. The van der Waals surface area contributed by atoms with Crippen LogP contribution in [0, 0.1) is 17.1 Å². The summed E-state index contributed by atoms with van der Waals surface area (Å²) in [4.78, 5) is 6.69. The van der Waals surface area contributed by atoms with E-state index < -0.39 is 0 Å². The standard InChI is InChI=1S/C17H16ClFN4S/c18-14-4-3-13(15(19)11-14)10-12-5-8-23(9-6-12)17-21-16(22-24-17)2-1-7-20/h3-4,10-11H,1-2,5-6,8-9H2. The lowest BCUT2D eigenvalue weighted by Gasteiger charge is -2.27. The summed E-state index contributed by atoms with van der Waals surface area (Å²) in [5, 5.41) is 9.93. The Morgan fingerprint density at radius 2 is 2.17 bits per heavy atom. The minimum absolute atomic E-state index is 0.288. The lowest BCUT2D eigenvalue weighted by molar-refractivity contribution is 0.624. The smallest absolute Gasteiger partial charge is 0.205 e. The van der Waals surface area contributed by atoms with Crippen LogP contribution in [-0.2, 0) is 6.42 Å². The van der Waals surface area contributed by atoms with Crippen molar-refractivity contribution in [2.45, 2.75) is 25.7 Å². The van der Waals surface area contributed by atoms with Gasteiger partial charge in [-0.3, -0.25) is 0 Å². The van der Waals surface area contributed by atoms with Gasteiger partial charge < -0.3 is 4.90 Å². The van der Waals surface area contributed by atoms with Gasteiger partial charge in [-0.25, -0.2) is 9.37 Å². The Hall–Kier alpha value is -1.97. The van der Waals surface area contributed by atoms with Gasteiger partial charge in [0, 0.05) is 48.0 Å². The minimum Gasteiger partial charge on any atom is -0.346 e. The van der Waals surface area contributed by atoms with E-state index in [0.29, 0.717) is 23.4 Å². The van der Waals surface area contributed by atoms with Crippen molar-refractivity contribution in [3.63, 3.8) is 0 Å². The van der Waals surface area contributed by atoms with Crippen molar-refractivity contribution in [3.05, 3.63) is 46.0 Å². The molecule has 1 aliphatic rings. The third-order valence-corrected chi connectivity index (χ3v) is 4.97. The molecule has 2 aromatic rings. The third kappa shape index (κ3) is 4.11. The van der Waals surface area contributed by atoms with Crippen LogP contribution in [0.2, 0.25) is 5.02 Å². The summed E-state index contributed by atoms with van der Waals surface area (Å²) >= 11 is 7.16. The number of rotatable bonds is 4. The molecule has 0 amide bonds. The first kappa shape index (κ1) is 16.9. The summed E-state index contributed by atoms with van der Waals surface area (Å²) in [5.41, 5.74) is 1.80. The summed E-state index contributed by atoms with van der Waals surface area (Å²) in [6.07, 6.45) is 4.70. The van der Waals surface area contributed by atoms with Crippen molar-refractivity contribution in [2.24, 2.45) is 0 Å². The normalized spacial score (nSPS) is 14.5. The molecule has 0 saturated carbocycles. The minimum atomic E-state index is -0.288. The predicted molar refractivity (Wildman–Crippen MR) is 94.7 cm³/mol. The van der Waals surface area contributed by atoms with Crippen molar-refractivity contribution in [3.8, 4) is 6.07 Å². The van der Waals surface area contributed by atoms with Gasteiger partial charge in [0.25, 0.3) is 0 Å². The van der Waals surface area contributed by atoms with Crippen molar-refractivity contribution in [1.29, 1.82) is 5.26 Å². The second-order valence-electron chi connectivity index (χ2n) is 5.61. The monoisotopic (exact) mass is 362 g/mol. The lowest BCUT2D eigenvalue weighted by atomic mass is 10.0. The first-order chi connectivity index (χ1) is 11.7. The molecule has 1 aromatic carbocycles. The number of hydrogen-bond acceptors (Lipinski definition) is 5. The van der Waals surface area contributed by atoms with Gasteiger partial charge in [-0.1, -0.05) is 29.3 Å². The molecule has 0 unspecified atom stereocenters. The summed E-state index contributed by atoms with van der Waals surface area (Å²) in [5.74, 6) is 0.449. The highest BCUT2D eigenvalue weighted by atomic mass is 35.5. The van der Waals surface area contributed by atoms with Gasteiger partial charge in [-0.15, -0.1) is 0 Å². The maximum atomic E-state index is 13.9. The van der Waals surface area contributed by atoms with Crippen molar-refractivity contribution >= 4 is 34.3 Å². The van der Waals surface area contributed by atoms with Crippen LogP contribution >= 0.6 is 23.1 Å². The van der Waals surface area contributed by atoms with Crippen LogP contribution in [0.3, 0.4) is 0 Å². The summed E-state index contributed by atoms with van der Waals surface area (Å²) in [7, 11) is 0. The number of anilines is 1. The Labute approximate surface area is 149 Å². The van der Waals surface area contributed by atoms with Gasteiger partial charge in [0.05, 0.1) is 6.07 Å². The molecule has 0 atom stereocenters. The first-order valence-electron chi connectivity index (χ1n) is 7.74. The van der Waals surface area contributed by atoms with E-state index in [0.717, 1.165) is 36.9 Å². The number of nitrogens with zero attached hydrogens (tertiary/aromatic N) is 4. The van der Waals surface area contributed by atoms with Gasteiger partial charge in [0.1, 0.15) is 11.6 Å². The van der Waals surface area contributed by atoms with Gasteiger partial charge in [-0.2, -0.15) is 9.64 Å². The molecule has 24 heavy (non-hydrogen) atoms. The van der Waals surface area contributed by atoms with Gasteiger partial charge in [0.15, 0.2) is 0 Å². The summed E-state index contributed by atoms with van der Waals surface area (Å²) in [6.45, 7) is 1.68. The van der Waals surface area contributed by atoms with E-state index in [1.807, 2.05) is 6.08 Å². The first-order valence-corrected chi connectivity index (χ1v) is 8.90. The fourth-order valence-electron chi connectivity index (χ4n) is 2.61. The molecule has 0 bridgehead atoms. The van der Waals surface area contributed by atoms with E-state index in [2.05, 4.69) is 20.3 Å². The van der Waals surface area contributed by atoms with Crippen LogP contribution in [0.5, 0.6) is 0 Å². The maximum Gasteiger partial charge on any atom is 0.205 e. The van der Waals surface area contributed by atoms with Crippen LogP contribution in [0.25, 0.3) is 6.08 Å². The number of aromatic nitrogens is 2. The fourth-order valence-corrected chi connectivity index (χ4v) is 3.53. The molecule has 0 aliphatic carbocycles.